The van der Waals surface area contributed by atoms with E-state index in [-0.39, 0.29) is 29.1 Å². The van der Waals surface area contributed by atoms with Crippen LogP contribution in [0.4, 0.5) is 0 Å². The summed E-state index contributed by atoms with van der Waals surface area (Å²) in [5.74, 6) is -0.662. The van der Waals surface area contributed by atoms with Gasteiger partial charge in [-0.2, -0.15) is 4.99 Å². The molecule has 23 heavy (non-hydrogen) atoms. The number of amides is 1. The molecule has 120 valence electrons. The Morgan fingerprint density at radius 1 is 1.22 bits per heavy atom. The van der Waals surface area contributed by atoms with Gasteiger partial charge in [0.25, 0.3) is 5.91 Å². The molecule has 0 aliphatic heterocycles. The summed E-state index contributed by atoms with van der Waals surface area (Å²) in [7, 11) is 0. The lowest BCUT2D eigenvalue weighted by Gasteiger charge is -2.09. The van der Waals surface area contributed by atoms with Crippen LogP contribution >= 0.6 is 11.6 Å². The van der Waals surface area contributed by atoms with E-state index < -0.39 is 0 Å². The van der Waals surface area contributed by atoms with E-state index in [9.17, 15) is 4.79 Å². The van der Waals surface area contributed by atoms with Crippen LogP contribution in [0.15, 0.2) is 47.7 Å². The monoisotopic (exact) mass is 330 g/mol. The van der Waals surface area contributed by atoms with E-state index in [1.807, 2.05) is 55.1 Å². The van der Waals surface area contributed by atoms with Crippen LogP contribution in [0.3, 0.4) is 0 Å². The Bertz CT molecular complexity index is 776. The molecule has 1 amide bonds. The van der Waals surface area contributed by atoms with E-state index in [1.54, 1.807) is 0 Å². The maximum atomic E-state index is 12.2. The van der Waals surface area contributed by atoms with Crippen LogP contribution in [-0.2, 0) is 4.79 Å². The molecule has 0 unspecified atom stereocenters. The number of carbonyl (C=O) groups excluding carboxylic acids is 1. The van der Waals surface area contributed by atoms with Gasteiger partial charge in [-0.25, -0.2) is 0 Å². The molecule has 0 spiro atoms. The van der Waals surface area contributed by atoms with Crippen LogP contribution in [0.1, 0.15) is 25.3 Å². The highest BCUT2D eigenvalue weighted by atomic mass is 35.5. The van der Waals surface area contributed by atoms with Crippen LogP contribution < -0.4 is 11.5 Å². The quantitative estimate of drug-likeness (QED) is 0.670. The molecule has 6 heteroatoms. The number of benzene rings is 1. The van der Waals surface area contributed by atoms with Gasteiger partial charge in [-0.15, -0.1) is 0 Å². The lowest BCUT2D eigenvalue weighted by molar-refractivity contribution is -0.119. The third kappa shape index (κ3) is 2.84. The van der Waals surface area contributed by atoms with Gasteiger partial charge in [-0.3, -0.25) is 4.79 Å². The molecule has 1 heterocycles. The van der Waals surface area contributed by atoms with E-state index in [1.165, 1.54) is 0 Å². The second kappa shape index (κ2) is 5.42. The van der Waals surface area contributed by atoms with Crippen molar-refractivity contribution in [2.45, 2.75) is 19.8 Å². The molecule has 5 nitrogen and oxygen atoms in total. The fourth-order valence-corrected chi connectivity index (χ4v) is 3.59. The topological polar surface area (TPSA) is 86.4 Å². The van der Waals surface area contributed by atoms with Crippen molar-refractivity contribution in [3.63, 3.8) is 0 Å². The minimum atomic E-state index is -0.275. The standard InChI is InChI=1S/C17H19ClN4O/c1-17(2)13(14(17)15(23)21-16(19)20)10-7-11(18)9-12(8-10)22-5-3-4-6-22/h3-9,13-14H,1-2H3,(H4,19,20,21,23)/t13-,14+/m1/s1. The summed E-state index contributed by atoms with van der Waals surface area (Å²) in [5.41, 5.74) is 12.4. The first-order valence-electron chi connectivity index (χ1n) is 7.38. The number of hydrogen-bond donors (Lipinski definition) is 2. The molecule has 2 atom stereocenters. The van der Waals surface area contributed by atoms with Gasteiger partial charge in [-0.05, 0) is 41.3 Å². The van der Waals surface area contributed by atoms with Crippen molar-refractivity contribution in [3.05, 3.63) is 53.3 Å². The predicted octanol–water partition coefficient (Wildman–Crippen LogP) is 2.67. The van der Waals surface area contributed by atoms with Crippen LogP contribution in [-0.4, -0.2) is 16.4 Å². The SMILES string of the molecule is CC1(C)[C@H](C(=O)N=C(N)N)[C@H]1c1cc(Cl)cc(-n2cccc2)c1. The van der Waals surface area contributed by atoms with Gasteiger partial charge in [0.15, 0.2) is 5.96 Å². The van der Waals surface area contributed by atoms with E-state index in [2.05, 4.69) is 11.1 Å². The molecular weight excluding hydrogens is 312 g/mol. The Labute approximate surface area is 139 Å². The highest BCUT2D eigenvalue weighted by Gasteiger charge is 2.62. The van der Waals surface area contributed by atoms with Gasteiger partial charge < -0.3 is 16.0 Å². The van der Waals surface area contributed by atoms with Crippen molar-refractivity contribution >= 4 is 23.5 Å². The normalized spacial score (nSPS) is 21.7. The number of rotatable bonds is 3. The van der Waals surface area contributed by atoms with Crippen molar-refractivity contribution in [1.82, 2.24) is 4.57 Å². The first-order valence-corrected chi connectivity index (χ1v) is 7.76. The van der Waals surface area contributed by atoms with Crippen LogP contribution in [0.5, 0.6) is 0 Å². The van der Waals surface area contributed by atoms with Gasteiger partial charge in [0.1, 0.15) is 0 Å². The Balaban J connectivity index is 1.96. The van der Waals surface area contributed by atoms with Gasteiger partial charge >= 0.3 is 0 Å². The summed E-state index contributed by atoms with van der Waals surface area (Å²) >= 11 is 6.28. The number of halogens is 1. The number of nitrogens with two attached hydrogens (primary N) is 2. The predicted molar refractivity (Wildman–Crippen MR) is 91.6 cm³/mol. The molecule has 2 aromatic rings. The van der Waals surface area contributed by atoms with Crippen molar-refractivity contribution < 1.29 is 4.79 Å². The van der Waals surface area contributed by atoms with Crippen LogP contribution in [0, 0.1) is 11.3 Å². The maximum Gasteiger partial charge on any atom is 0.253 e. The number of aliphatic imine (C=N–C) groups is 1. The molecule has 0 bridgehead atoms. The summed E-state index contributed by atoms with van der Waals surface area (Å²) in [5, 5.41) is 0.641. The lowest BCUT2D eigenvalue weighted by Crippen LogP contribution is -2.25. The molecule has 1 aliphatic rings. The molecule has 1 aliphatic carbocycles. The maximum absolute atomic E-state index is 12.2. The largest absolute Gasteiger partial charge is 0.370 e. The lowest BCUT2D eigenvalue weighted by atomic mass is 10.0. The fourth-order valence-electron chi connectivity index (χ4n) is 3.35. The molecule has 0 saturated heterocycles. The Kier molecular flexibility index (Phi) is 3.68. The van der Waals surface area contributed by atoms with Gasteiger partial charge in [0.05, 0.1) is 5.92 Å². The Morgan fingerprint density at radius 3 is 2.48 bits per heavy atom. The zero-order valence-electron chi connectivity index (χ0n) is 13.0. The third-order valence-corrected chi connectivity index (χ3v) is 4.72. The highest BCUT2D eigenvalue weighted by molar-refractivity contribution is 6.30. The molecule has 1 aromatic carbocycles. The zero-order chi connectivity index (χ0) is 16.8. The van der Waals surface area contributed by atoms with Crippen LogP contribution in [0.2, 0.25) is 5.02 Å². The summed E-state index contributed by atoms with van der Waals surface area (Å²) < 4.78 is 1.98. The minimum absolute atomic E-state index is 0.0473. The minimum Gasteiger partial charge on any atom is -0.370 e. The van der Waals surface area contributed by atoms with Crippen molar-refractivity contribution in [1.29, 1.82) is 0 Å². The summed E-state index contributed by atoms with van der Waals surface area (Å²) in [6.45, 7) is 4.08. The Morgan fingerprint density at radius 2 is 1.87 bits per heavy atom. The molecule has 3 rings (SSSR count). The van der Waals surface area contributed by atoms with Gasteiger partial charge in [0, 0.05) is 29.0 Å². The molecular formula is C17H19ClN4O. The van der Waals surface area contributed by atoms with Crippen LogP contribution in [0.25, 0.3) is 5.69 Å². The smallest absolute Gasteiger partial charge is 0.253 e. The van der Waals surface area contributed by atoms with Crippen molar-refractivity contribution in [2.75, 3.05) is 0 Å². The van der Waals surface area contributed by atoms with Crippen molar-refractivity contribution in [2.24, 2.45) is 27.8 Å². The Hall–Kier alpha value is -2.27. The summed E-state index contributed by atoms with van der Waals surface area (Å²) in [4.78, 5) is 15.9. The number of guanidine groups is 1. The average Bonchev–Trinajstić information content (AvgIpc) is 2.84. The third-order valence-electron chi connectivity index (χ3n) is 4.50. The first-order chi connectivity index (χ1) is 10.8. The number of hydrogen-bond acceptors (Lipinski definition) is 1. The molecule has 0 radical (unpaired) electrons. The fraction of sp³-hybridized carbons (Fsp3) is 0.294. The molecule has 1 aromatic heterocycles. The average molecular weight is 331 g/mol. The molecule has 1 saturated carbocycles. The van der Waals surface area contributed by atoms with E-state index in [0.717, 1.165) is 11.3 Å². The summed E-state index contributed by atoms with van der Waals surface area (Å²) in [6, 6.07) is 9.76. The number of nitrogens with zero attached hydrogens (tertiary/aromatic N) is 2. The highest BCUT2D eigenvalue weighted by Crippen LogP contribution is 2.65. The second-order valence-electron chi connectivity index (χ2n) is 6.48. The summed E-state index contributed by atoms with van der Waals surface area (Å²) in [6.07, 6.45) is 3.91. The van der Waals surface area contributed by atoms with Gasteiger partial charge in [0.2, 0.25) is 0 Å². The second-order valence-corrected chi connectivity index (χ2v) is 6.92. The number of aromatic nitrogens is 1. The zero-order valence-corrected chi connectivity index (χ0v) is 13.8. The number of carbonyl (C=O) groups is 1. The van der Waals surface area contributed by atoms with E-state index in [4.69, 9.17) is 23.1 Å². The molecule has 1 fully saturated rings. The van der Waals surface area contributed by atoms with Gasteiger partial charge in [-0.1, -0.05) is 25.4 Å². The van der Waals surface area contributed by atoms with E-state index >= 15 is 0 Å². The van der Waals surface area contributed by atoms with Crippen molar-refractivity contribution in [3.8, 4) is 5.69 Å². The first kappa shape index (κ1) is 15.6. The van der Waals surface area contributed by atoms with E-state index in [0.29, 0.717) is 5.02 Å². The molecule has 4 N–H and O–H groups in total.